The lowest BCUT2D eigenvalue weighted by Gasteiger charge is -2.38. The van der Waals surface area contributed by atoms with Gasteiger partial charge in [0, 0.05) is 57.2 Å². The van der Waals surface area contributed by atoms with Gasteiger partial charge in [-0.15, -0.1) is 24.0 Å². The Bertz CT molecular complexity index is 803. The molecule has 7 heteroatoms. The molecule has 1 aliphatic heterocycles. The first kappa shape index (κ1) is 22.3. The Morgan fingerprint density at radius 2 is 1.89 bits per heavy atom. The van der Waals surface area contributed by atoms with Gasteiger partial charge in [-0.3, -0.25) is 4.99 Å². The van der Waals surface area contributed by atoms with Crippen molar-refractivity contribution in [3.05, 3.63) is 53.2 Å². The molecule has 1 aromatic heterocycles. The number of ether oxygens (including phenoxy) is 1. The molecule has 2 aromatic rings. The van der Waals surface area contributed by atoms with E-state index in [9.17, 15) is 0 Å². The molecular formula is C21H30IN5O. The van der Waals surface area contributed by atoms with Crippen molar-refractivity contribution in [1.82, 2.24) is 15.2 Å². The Hall–Kier alpha value is -2.03. The van der Waals surface area contributed by atoms with E-state index in [4.69, 9.17) is 4.74 Å². The Morgan fingerprint density at radius 1 is 1.14 bits per heavy atom. The van der Waals surface area contributed by atoms with Crippen LogP contribution in [0.25, 0.3) is 0 Å². The number of pyridine rings is 1. The summed E-state index contributed by atoms with van der Waals surface area (Å²) in [6.07, 6.45) is 1.74. The van der Waals surface area contributed by atoms with Crippen LogP contribution in [0.1, 0.15) is 16.7 Å². The van der Waals surface area contributed by atoms with Crippen LogP contribution in [-0.4, -0.2) is 56.2 Å². The third kappa shape index (κ3) is 5.06. The fourth-order valence-corrected chi connectivity index (χ4v) is 3.49. The maximum Gasteiger partial charge on any atom is 0.218 e. The molecule has 0 amide bonds. The molecular weight excluding hydrogens is 465 g/mol. The summed E-state index contributed by atoms with van der Waals surface area (Å²) in [7, 11) is 3.48. The number of aryl methyl sites for hydroxylation is 1. The normalized spacial score (nSPS) is 14.5. The SMILES string of the molecule is CN=C(NCc1cccnc1OC)N1CCN(c2cccc(C)c2C)CC1.I. The third-order valence-electron chi connectivity index (χ3n) is 5.19. The molecule has 6 nitrogen and oxygen atoms in total. The van der Waals surface area contributed by atoms with Gasteiger partial charge < -0.3 is 19.9 Å². The van der Waals surface area contributed by atoms with E-state index in [-0.39, 0.29) is 24.0 Å². The maximum atomic E-state index is 5.33. The summed E-state index contributed by atoms with van der Waals surface area (Å²) in [6.45, 7) is 8.88. The first-order valence-corrected chi connectivity index (χ1v) is 9.38. The van der Waals surface area contributed by atoms with Crippen LogP contribution in [0.5, 0.6) is 5.88 Å². The van der Waals surface area contributed by atoms with E-state index in [0.29, 0.717) is 12.4 Å². The van der Waals surface area contributed by atoms with Crippen molar-refractivity contribution >= 4 is 35.6 Å². The van der Waals surface area contributed by atoms with Crippen LogP contribution in [0.15, 0.2) is 41.5 Å². The molecule has 3 rings (SSSR count). The molecule has 28 heavy (non-hydrogen) atoms. The highest BCUT2D eigenvalue weighted by Crippen LogP contribution is 2.24. The Balaban J connectivity index is 0.00000280. The predicted octanol–water partition coefficient (Wildman–Crippen LogP) is 3.22. The number of hydrogen-bond acceptors (Lipinski definition) is 4. The Kier molecular flexibility index (Phi) is 8.35. The van der Waals surface area contributed by atoms with Crippen molar-refractivity contribution in [3.63, 3.8) is 0 Å². The van der Waals surface area contributed by atoms with Gasteiger partial charge in [0.15, 0.2) is 5.96 Å². The van der Waals surface area contributed by atoms with Crippen molar-refractivity contribution in [2.75, 3.05) is 45.2 Å². The summed E-state index contributed by atoms with van der Waals surface area (Å²) >= 11 is 0. The molecule has 1 aliphatic rings. The molecule has 0 unspecified atom stereocenters. The van der Waals surface area contributed by atoms with Gasteiger partial charge in [-0.2, -0.15) is 0 Å². The number of aliphatic imine (C=N–C) groups is 1. The second-order valence-corrected chi connectivity index (χ2v) is 6.77. The van der Waals surface area contributed by atoms with E-state index in [2.05, 4.69) is 57.1 Å². The summed E-state index contributed by atoms with van der Waals surface area (Å²) in [5.74, 6) is 1.57. The highest BCUT2D eigenvalue weighted by Gasteiger charge is 2.21. The summed E-state index contributed by atoms with van der Waals surface area (Å²) in [5.41, 5.74) is 5.09. The zero-order chi connectivity index (χ0) is 19.2. The predicted molar refractivity (Wildman–Crippen MR) is 126 cm³/mol. The van der Waals surface area contributed by atoms with Crippen LogP contribution in [0.3, 0.4) is 0 Å². The largest absolute Gasteiger partial charge is 0.481 e. The number of nitrogens with one attached hydrogen (secondary N) is 1. The number of rotatable bonds is 4. The standard InChI is InChI=1S/C21H29N5O.HI/c1-16-7-5-9-19(17(16)2)25-11-13-26(14-12-25)21(22-3)24-15-18-8-6-10-23-20(18)27-4;/h5-10H,11-15H2,1-4H3,(H,22,24);1H. The molecule has 0 spiro atoms. The van der Waals surface area contributed by atoms with Gasteiger partial charge in [0.05, 0.1) is 7.11 Å². The minimum atomic E-state index is 0. The van der Waals surface area contributed by atoms with E-state index in [1.54, 1.807) is 13.3 Å². The van der Waals surface area contributed by atoms with E-state index in [1.165, 1.54) is 16.8 Å². The quantitative estimate of drug-likeness (QED) is 0.401. The van der Waals surface area contributed by atoms with Crippen LogP contribution in [0, 0.1) is 13.8 Å². The molecule has 0 saturated carbocycles. The number of anilines is 1. The molecule has 0 atom stereocenters. The van der Waals surface area contributed by atoms with Gasteiger partial charge in [-0.25, -0.2) is 4.98 Å². The van der Waals surface area contributed by atoms with E-state index in [1.807, 2.05) is 19.2 Å². The first-order valence-electron chi connectivity index (χ1n) is 9.38. The molecule has 1 fully saturated rings. The monoisotopic (exact) mass is 495 g/mol. The highest BCUT2D eigenvalue weighted by atomic mass is 127. The molecule has 1 aromatic carbocycles. The highest BCUT2D eigenvalue weighted by molar-refractivity contribution is 14.0. The summed E-state index contributed by atoms with van der Waals surface area (Å²) in [5, 5.41) is 3.44. The zero-order valence-electron chi connectivity index (χ0n) is 17.1. The van der Waals surface area contributed by atoms with Crippen molar-refractivity contribution in [2.24, 2.45) is 4.99 Å². The third-order valence-corrected chi connectivity index (χ3v) is 5.19. The van der Waals surface area contributed by atoms with Crippen molar-refractivity contribution in [3.8, 4) is 5.88 Å². The van der Waals surface area contributed by atoms with Crippen LogP contribution < -0.4 is 15.0 Å². The second-order valence-electron chi connectivity index (χ2n) is 6.77. The first-order chi connectivity index (χ1) is 13.1. The minimum Gasteiger partial charge on any atom is -0.481 e. The van der Waals surface area contributed by atoms with Gasteiger partial charge in [-0.05, 0) is 37.1 Å². The smallest absolute Gasteiger partial charge is 0.218 e. The number of guanidine groups is 1. The zero-order valence-corrected chi connectivity index (χ0v) is 19.4. The number of nitrogens with zero attached hydrogens (tertiary/aromatic N) is 4. The average molecular weight is 495 g/mol. The number of methoxy groups -OCH3 is 1. The topological polar surface area (TPSA) is 53.0 Å². The van der Waals surface area contributed by atoms with Crippen LogP contribution in [0.2, 0.25) is 0 Å². The molecule has 1 saturated heterocycles. The number of piperazine rings is 1. The molecule has 0 aliphatic carbocycles. The Labute approximate surface area is 185 Å². The summed E-state index contributed by atoms with van der Waals surface area (Å²) < 4.78 is 5.33. The fourth-order valence-electron chi connectivity index (χ4n) is 3.49. The van der Waals surface area contributed by atoms with E-state index in [0.717, 1.165) is 37.7 Å². The molecule has 2 heterocycles. The van der Waals surface area contributed by atoms with Crippen molar-refractivity contribution in [1.29, 1.82) is 0 Å². The van der Waals surface area contributed by atoms with Crippen molar-refractivity contribution in [2.45, 2.75) is 20.4 Å². The molecule has 1 N–H and O–H groups in total. The number of halogens is 1. The van der Waals surface area contributed by atoms with Gasteiger partial charge in [-0.1, -0.05) is 18.2 Å². The van der Waals surface area contributed by atoms with E-state index >= 15 is 0 Å². The van der Waals surface area contributed by atoms with Crippen molar-refractivity contribution < 1.29 is 4.74 Å². The maximum absolute atomic E-state index is 5.33. The number of benzene rings is 1. The van der Waals surface area contributed by atoms with Gasteiger partial charge in [0.1, 0.15) is 0 Å². The number of aromatic nitrogens is 1. The molecule has 0 bridgehead atoms. The average Bonchev–Trinajstić information content (AvgIpc) is 2.71. The van der Waals surface area contributed by atoms with Gasteiger partial charge >= 0.3 is 0 Å². The van der Waals surface area contributed by atoms with Gasteiger partial charge in [0.25, 0.3) is 0 Å². The van der Waals surface area contributed by atoms with Gasteiger partial charge in [0.2, 0.25) is 5.88 Å². The van der Waals surface area contributed by atoms with Crippen LogP contribution in [0.4, 0.5) is 5.69 Å². The van der Waals surface area contributed by atoms with E-state index < -0.39 is 0 Å². The molecule has 152 valence electrons. The minimum absolute atomic E-state index is 0. The van der Waals surface area contributed by atoms with Crippen LogP contribution in [-0.2, 0) is 6.54 Å². The molecule has 0 radical (unpaired) electrons. The fraction of sp³-hybridized carbons (Fsp3) is 0.429. The summed E-state index contributed by atoms with van der Waals surface area (Å²) in [4.78, 5) is 13.5. The number of hydrogen-bond donors (Lipinski definition) is 1. The van der Waals surface area contributed by atoms with Crippen LogP contribution >= 0.6 is 24.0 Å². The lowest BCUT2D eigenvalue weighted by Crippen LogP contribution is -2.52. The lowest BCUT2D eigenvalue weighted by molar-refractivity contribution is 0.370. The second kappa shape index (κ2) is 10.5. The summed E-state index contributed by atoms with van der Waals surface area (Å²) in [6, 6.07) is 10.5. The Morgan fingerprint density at radius 3 is 2.57 bits per heavy atom. The lowest BCUT2D eigenvalue weighted by atomic mass is 10.1.